The van der Waals surface area contributed by atoms with Gasteiger partial charge in [0.05, 0.1) is 11.8 Å². The average Bonchev–Trinajstić information content (AvgIpc) is 3.52. The van der Waals surface area contributed by atoms with Gasteiger partial charge in [-0.3, -0.25) is 0 Å². The number of anilines is 1. The van der Waals surface area contributed by atoms with E-state index in [2.05, 4.69) is 17.3 Å². The molecule has 1 aliphatic heterocycles. The third-order valence-electron chi connectivity index (χ3n) is 5.40. The summed E-state index contributed by atoms with van der Waals surface area (Å²) < 4.78 is 0. The molecule has 2 heterocycles. The third kappa shape index (κ3) is 5.35. The Bertz CT molecular complexity index is 756. The van der Waals surface area contributed by atoms with Crippen molar-refractivity contribution in [2.75, 3.05) is 31.6 Å². The molecule has 1 unspecified atom stereocenters. The van der Waals surface area contributed by atoms with Crippen molar-refractivity contribution in [3.63, 3.8) is 0 Å². The molecule has 4 rings (SSSR count). The van der Waals surface area contributed by atoms with Crippen LogP contribution in [-0.4, -0.2) is 41.8 Å². The molecule has 1 atom stereocenters. The minimum Gasteiger partial charge on any atom is -0.388 e. The molecule has 154 valence electrons. The van der Waals surface area contributed by atoms with Crippen LogP contribution in [0.1, 0.15) is 53.9 Å². The summed E-state index contributed by atoms with van der Waals surface area (Å²) in [7, 11) is 2.09. The average molecular weight is 425 g/mol. The van der Waals surface area contributed by atoms with E-state index in [1.165, 1.54) is 24.1 Å². The van der Waals surface area contributed by atoms with Gasteiger partial charge >= 0.3 is 0 Å². The van der Waals surface area contributed by atoms with E-state index in [-0.39, 0.29) is 24.8 Å². The summed E-state index contributed by atoms with van der Waals surface area (Å²) in [5, 5.41) is 14.0. The molecule has 7 heteroatoms. The first-order valence-corrected chi connectivity index (χ1v) is 9.77. The van der Waals surface area contributed by atoms with Crippen molar-refractivity contribution in [3.05, 3.63) is 53.0 Å². The van der Waals surface area contributed by atoms with Gasteiger partial charge in [-0.05, 0) is 37.8 Å². The predicted molar refractivity (Wildman–Crippen MR) is 118 cm³/mol. The van der Waals surface area contributed by atoms with Crippen molar-refractivity contribution in [1.29, 1.82) is 0 Å². The van der Waals surface area contributed by atoms with Crippen molar-refractivity contribution in [2.24, 2.45) is 0 Å². The second-order valence-electron chi connectivity index (χ2n) is 7.49. The number of fused-ring (bicyclic) bond motifs is 1. The number of nitrogens with one attached hydrogen (secondary N) is 1. The molecule has 2 aliphatic rings. The Balaban J connectivity index is 0.00000140. The maximum absolute atomic E-state index is 10.5. The molecule has 5 nitrogen and oxygen atoms in total. The van der Waals surface area contributed by atoms with Crippen molar-refractivity contribution < 1.29 is 5.11 Å². The zero-order chi connectivity index (χ0) is 17.9. The highest BCUT2D eigenvalue weighted by Crippen LogP contribution is 2.39. The number of benzene rings is 1. The number of hydrogen-bond donors (Lipinski definition) is 2. The third-order valence-corrected chi connectivity index (χ3v) is 5.40. The van der Waals surface area contributed by atoms with Gasteiger partial charge in [0.2, 0.25) is 0 Å². The summed E-state index contributed by atoms with van der Waals surface area (Å²) in [5.74, 6) is 2.65. The highest BCUT2D eigenvalue weighted by atomic mass is 35.5. The minimum absolute atomic E-state index is 0. The van der Waals surface area contributed by atoms with Crippen molar-refractivity contribution in [2.45, 2.75) is 44.1 Å². The number of aliphatic hydroxyl groups is 1. The molecule has 1 aromatic carbocycles. The summed E-state index contributed by atoms with van der Waals surface area (Å²) >= 11 is 0. The molecule has 2 aromatic rings. The molecule has 1 aliphatic carbocycles. The Morgan fingerprint density at radius 2 is 1.82 bits per heavy atom. The van der Waals surface area contributed by atoms with Crippen LogP contribution in [0.5, 0.6) is 0 Å². The van der Waals surface area contributed by atoms with E-state index in [9.17, 15) is 5.11 Å². The lowest BCUT2D eigenvalue weighted by molar-refractivity contribution is 0.169. The first-order valence-electron chi connectivity index (χ1n) is 9.77. The van der Waals surface area contributed by atoms with Crippen LogP contribution in [-0.2, 0) is 12.8 Å². The van der Waals surface area contributed by atoms with E-state index < -0.39 is 6.10 Å². The van der Waals surface area contributed by atoms with Crippen molar-refractivity contribution in [1.82, 2.24) is 15.3 Å². The standard InChI is InChI=1S/C21H28N4O.2ClH/c1-25(14-11-19(26)15-5-3-2-4-6-15)21-17-9-12-22-13-10-18(17)23-20(24-21)16-7-8-16;;/h2-6,16,19,22,26H,7-14H2,1H3;2*1H. The molecule has 1 saturated carbocycles. The van der Waals surface area contributed by atoms with Gasteiger partial charge in [0.25, 0.3) is 0 Å². The molecule has 0 spiro atoms. The Morgan fingerprint density at radius 1 is 1.11 bits per heavy atom. The number of halogens is 2. The molecule has 0 amide bonds. The van der Waals surface area contributed by atoms with Crippen LogP contribution in [0.2, 0.25) is 0 Å². The molecule has 0 bridgehead atoms. The molecule has 0 radical (unpaired) electrons. The zero-order valence-corrected chi connectivity index (χ0v) is 17.9. The second-order valence-corrected chi connectivity index (χ2v) is 7.49. The van der Waals surface area contributed by atoms with Gasteiger partial charge in [-0.2, -0.15) is 0 Å². The van der Waals surface area contributed by atoms with Gasteiger partial charge < -0.3 is 15.3 Å². The summed E-state index contributed by atoms with van der Waals surface area (Å²) in [6.07, 6.45) is 4.63. The maximum atomic E-state index is 10.5. The molecular formula is C21H30Cl2N4O. The summed E-state index contributed by atoms with van der Waals surface area (Å²) in [5.41, 5.74) is 3.48. The van der Waals surface area contributed by atoms with E-state index >= 15 is 0 Å². The Hall–Kier alpha value is -1.40. The Morgan fingerprint density at radius 3 is 2.54 bits per heavy atom. The normalized spacial score (nSPS) is 16.8. The zero-order valence-electron chi connectivity index (χ0n) is 16.3. The van der Waals surface area contributed by atoms with Crippen LogP contribution in [0.3, 0.4) is 0 Å². The number of rotatable bonds is 6. The van der Waals surface area contributed by atoms with E-state index in [1.807, 2.05) is 30.3 Å². The first kappa shape index (κ1) is 22.9. The van der Waals surface area contributed by atoms with Gasteiger partial charge in [0.1, 0.15) is 11.6 Å². The quantitative estimate of drug-likeness (QED) is 0.743. The Kier molecular flexibility index (Phi) is 8.50. The van der Waals surface area contributed by atoms with Crippen molar-refractivity contribution in [3.8, 4) is 0 Å². The molecule has 1 fully saturated rings. The van der Waals surface area contributed by atoms with Gasteiger partial charge in [0, 0.05) is 38.0 Å². The fraction of sp³-hybridized carbons (Fsp3) is 0.524. The van der Waals surface area contributed by atoms with E-state index in [0.717, 1.165) is 49.7 Å². The first-order chi connectivity index (χ1) is 12.7. The fourth-order valence-electron chi connectivity index (χ4n) is 3.65. The number of aromatic nitrogens is 2. The summed E-state index contributed by atoms with van der Waals surface area (Å²) in [4.78, 5) is 12.1. The van der Waals surface area contributed by atoms with E-state index in [1.54, 1.807) is 0 Å². The van der Waals surface area contributed by atoms with Crippen molar-refractivity contribution >= 4 is 30.6 Å². The highest BCUT2D eigenvalue weighted by molar-refractivity contribution is 5.85. The van der Waals surface area contributed by atoms with Crippen LogP contribution in [0, 0.1) is 0 Å². The van der Waals surface area contributed by atoms with Gasteiger partial charge in [0.15, 0.2) is 0 Å². The molecule has 2 N–H and O–H groups in total. The Labute approximate surface area is 179 Å². The van der Waals surface area contributed by atoms with Crippen LogP contribution in [0.25, 0.3) is 0 Å². The number of hydrogen-bond acceptors (Lipinski definition) is 5. The van der Waals surface area contributed by atoms with Gasteiger partial charge in [-0.1, -0.05) is 30.3 Å². The number of nitrogens with zero attached hydrogens (tertiary/aromatic N) is 3. The van der Waals surface area contributed by atoms with Gasteiger partial charge in [-0.25, -0.2) is 9.97 Å². The lowest BCUT2D eigenvalue weighted by Crippen LogP contribution is -2.25. The smallest absolute Gasteiger partial charge is 0.135 e. The molecule has 0 saturated heterocycles. The monoisotopic (exact) mass is 424 g/mol. The maximum Gasteiger partial charge on any atom is 0.135 e. The van der Waals surface area contributed by atoms with Crippen LogP contribution in [0.4, 0.5) is 5.82 Å². The molecule has 28 heavy (non-hydrogen) atoms. The van der Waals surface area contributed by atoms with E-state index in [4.69, 9.17) is 9.97 Å². The fourth-order valence-corrected chi connectivity index (χ4v) is 3.65. The lowest BCUT2D eigenvalue weighted by Gasteiger charge is -2.24. The topological polar surface area (TPSA) is 61.3 Å². The van der Waals surface area contributed by atoms with E-state index in [0.29, 0.717) is 12.3 Å². The van der Waals surface area contributed by atoms with Gasteiger partial charge in [-0.15, -0.1) is 24.8 Å². The molecule has 1 aromatic heterocycles. The minimum atomic E-state index is -0.441. The lowest BCUT2D eigenvalue weighted by atomic mass is 10.1. The van der Waals surface area contributed by atoms with Crippen LogP contribution < -0.4 is 10.2 Å². The highest BCUT2D eigenvalue weighted by Gasteiger charge is 2.29. The largest absolute Gasteiger partial charge is 0.388 e. The predicted octanol–water partition coefficient (Wildman–Crippen LogP) is 3.45. The summed E-state index contributed by atoms with van der Waals surface area (Å²) in [6, 6.07) is 9.89. The van der Waals surface area contributed by atoms with Crippen LogP contribution in [0.15, 0.2) is 30.3 Å². The van der Waals surface area contributed by atoms with Crippen LogP contribution >= 0.6 is 24.8 Å². The SMILES string of the molecule is CN(CCC(O)c1ccccc1)c1nc(C2CC2)nc2c1CCNCC2.Cl.Cl. The number of aliphatic hydroxyl groups excluding tert-OH is 1. The summed E-state index contributed by atoms with van der Waals surface area (Å²) in [6.45, 7) is 2.74. The molecular weight excluding hydrogens is 395 g/mol. The second kappa shape index (κ2) is 10.4.